The molecule has 0 fully saturated rings. The highest BCUT2D eigenvalue weighted by Gasteiger charge is 2.06. The molecule has 0 heterocycles. The lowest BCUT2D eigenvalue weighted by molar-refractivity contribution is -0.121. The van der Waals surface area contributed by atoms with Crippen LogP contribution in [0.15, 0.2) is 18.2 Å². The highest BCUT2D eigenvalue weighted by molar-refractivity contribution is 6.32. The van der Waals surface area contributed by atoms with Crippen molar-refractivity contribution in [2.45, 2.75) is 32.7 Å². The normalized spacial score (nSPS) is 10.4. The molecule has 0 saturated carbocycles. The molecular weight excluding hydrogens is 238 g/mol. The Kier molecular flexibility index (Phi) is 5.29. The summed E-state index contributed by atoms with van der Waals surface area (Å²) in [5.74, 6) is 0.717. The van der Waals surface area contributed by atoms with Crippen LogP contribution >= 0.6 is 11.6 Å². The van der Waals surface area contributed by atoms with Gasteiger partial charge in [0.2, 0.25) is 5.91 Å². The van der Waals surface area contributed by atoms with Gasteiger partial charge in [-0.25, -0.2) is 0 Å². The second-order valence-electron chi connectivity index (χ2n) is 4.19. The van der Waals surface area contributed by atoms with Crippen molar-refractivity contribution < 1.29 is 9.53 Å². The van der Waals surface area contributed by atoms with Crippen molar-refractivity contribution in [3.63, 3.8) is 0 Å². The molecule has 0 unspecified atom stereocenters. The Labute approximate surface area is 107 Å². The molecule has 1 aromatic rings. The van der Waals surface area contributed by atoms with Crippen LogP contribution in [0.25, 0.3) is 0 Å². The van der Waals surface area contributed by atoms with Gasteiger partial charge in [0.25, 0.3) is 0 Å². The largest absolute Gasteiger partial charge is 0.495 e. The minimum atomic E-state index is 0.0620. The van der Waals surface area contributed by atoms with Gasteiger partial charge in [0.15, 0.2) is 0 Å². The number of aryl methyl sites for hydroxylation is 1. The maximum atomic E-state index is 11.5. The first kappa shape index (κ1) is 13.8. The van der Waals surface area contributed by atoms with E-state index in [-0.39, 0.29) is 11.9 Å². The average molecular weight is 256 g/mol. The Morgan fingerprint density at radius 2 is 2.18 bits per heavy atom. The van der Waals surface area contributed by atoms with E-state index in [9.17, 15) is 4.79 Å². The third-order valence-corrected chi connectivity index (χ3v) is 2.60. The van der Waals surface area contributed by atoms with Crippen LogP contribution in [0.1, 0.15) is 25.8 Å². The second-order valence-corrected chi connectivity index (χ2v) is 4.60. The molecule has 94 valence electrons. The summed E-state index contributed by atoms with van der Waals surface area (Å²) in [7, 11) is 1.58. The van der Waals surface area contributed by atoms with Gasteiger partial charge in [-0.05, 0) is 38.0 Å². The van der Waals surface area contributed by atoms with Gasteiger partial charge in [-0.1, -0.05) is 17.7 Å². The molecule has 0 aliphatic carbocycles. The third kappa shape index (κ3) is 4.65. The van der Waals surface area contributed by atoms with Gasteiger partial charge in [0.1, 0.15) is 5.75 Å². The molecule has 0 bridgehead atoms. The Balaban J connectivity index is 2.52. The lowest BCUT2D eigenvalue weighted by Gasteiger charge is -2.09. The number of carbonyl (C=O) groups is 1. The van der Waals surface area contributed by atoms with Crippen LogP contribution in [0, 0.1) is 0 Å². The summed E-state index contributed by atoms with van der Waals surface area (Å²) in [5, 5.41) is 3.43. The number of hydrogen-bond acceptors (Lipinski definition) is 2. The summed E-state index contributed by atoms with van der Waals surface area (Å²) in [6, 6.07) is 5.76. The van der Waals surface area contributed by atoms with E-state index in [4.69, 9.17) is 16.3 Å². The molecule has 0 aliphatic heterocycles. The molecule has 0 saturated heterocycles. The standard InChI is InChI=1S/C13H18ClNO2/c1-9(2)15-13(16)7-5-10-4-6-12(17-3)11(14)8-10/h4,6,8-9H,5,7H2,1-3H3,(H,15,16). The number of amides is 1. The lowest BCUT2D eigenvalue weighted by Crippen LogP contribution is -2.30. The molecule has 0 spiro atoms. The molecule has 0 radical (unpaired) electrons. The van der Waals surface area contributed by atoms with E-state index < -0.39 is 0 Å². The first-order valence-electron chi connectivity index (χ1n) is 5.64. The minimum absolute atomic E-state index is 0.0620. The van der Waals surface area contributed by atoms with Crippen LogP contribution in [0.4, 0.5) is 0 Å². The van der Waals surface area contributed by atoms with Crippen LogP contribution in [0.2, 0.25) is 5.02 Å². The molecule has 0 aliphatic rings. The molecule has 1 N–H and O–H groups in total. The fourth-order valence-electron chi connectivity index (χ4n) is 1.52. The first-order valence-corrected chi connectivity index (χ1v) is 6.02. The number of carbonyl (C=O) groups excluding carboxylic acids is 1. The summed E-state index contributed by atoms with van der Waals surface area (Å²) in [6.07, 6.45) is 1.16. The van der Waals surface area contributed by atoms with Gasteiger partial charge in [-0.3, -0.25) is 4.79 Å². The van der Waals surface area contributed by atoms with Gasteiger partial charge in [-0.2, -0.15) is 0 Å². The van der Waals surface area contributed by atoms with E-state index in [0.29, 0.717) is 23.6 Å². The van der Waals surface area contributed by atoms with Crippen molar-refractivity contribution in [1.29, 1.82) is 0 Å². The smallest absolute Gasteiger partial charge is 0.220 e. The lowest BCUT2D eigenvalue weighted by atomic mass is 10.1. The van der Waals surface area contributed by atoms with Crippen molar-refractivity contribution >= 4 is 17.5 Å². The highest BCUT2D eigenvalue weighted by Crippen LogP contribution is 2.25. The molecule has 3 nitrogen and oxygen atoms in total. The van der Waals surface area contributed by atoms with Crippen LogP contribution in [-0.2, 0) is 11.2 Å². The topological polar surface area (TPSA) is 38.3 Å². The number of halogens is 1. The van der Waals surface area contributed by atoms with E-state index in [0.717, 1.165) is 5.56 Å². The minimum Gasteiger partial charge on any atom is -0.495 e. The van der Waals surface area contributed by atoms with Gasteiger partial charge in [0.05, 0.1) is 12.1 Å². The molecule has 1 aromatic carbocycles. The number of ether oxygens (including phenoxy) is 1. The molecular formula is C13H18ClNO2. The summed E-state index contributed by atoms with van der Waals surface area (Å²) in [4.78, 5) is 11.5. The number of hydrogen-bond donors (Lipinski definition) is 1. The van der Waals surface area contributed by atoms with E-state index in [1.54, 1.807) is 7.11 Å². The average Bonchev–Trinajstić information content (AvgIpc) is 2.25. The summed E-state index contributed by atoms with van der Waals surface area (Å²) in [5.41, 5.74) is 1.04. The molecule has 1 amide bonds. The van der Waals surface area contributed by atoms with Crippen LogP contribution in [0.5, 0.6) is 5.75 Å². The van der Waals surface area contributed by atoms with Crippen LogP contribution < -0.4 is 10.1 Å². The zero-order valence-electron chi connectivity index (χ0n) is 10.4. The van der Waals surface area contributed by atoms with E-state index in [1.807, 2.05) is 32.0 Å². The maximum Gasteiger partial charge on any atom is 0.220 e. The van der Waals surface area contributed by atoms with Crippen molar-refractivity contribution in [2.75, 3.05) is 7.11 Å². The molecule has 1 rings (SSSR count). The maximum absolute atomic E-state index is 11.5. The van der Waals surface area contributed by atoms with Crippen molar-refractivity contribution in [3.05, 3.63) is 28.8 Å². The molecule has 0 atom stereocenters. The summed E-state index contributed by atoms with van der Waals surface area (Å²) < 4.78 is 5.07. The number of benzene rings is 1. The van der Waals surface area contributed by atoms with Gasteiger partial charge < -0.3 is 10.1 Å². The van der Waals surface area contributed by atoms with Crippen molar-refractivity contribution in [1.82, 2.24) is 5.32 Å². The van der Waals surface area contributed by atoms with Crippen molar-refractivity contribution in [2.24, 2.45) is 0 Å². The van der Waals surface area contributed by atoms with Gasteiger partial charge in [0, 0.05) is 12.5 Å². The molecule has 17 heavy (non-hydrogen) atoms. The van der Waals surface area contributed by atoms with Gasteiger partial charge >= 0.3 is 0 Å². The monoisotopic (exact) mass is 255 g/mol. The predicted octanol–water partition coefficient (Wildman–Crippen LogP) is 2.81. The van der Waals surface area contributed by atoms with Crippen LogP contribution in [-0.4, -0.2) is 19.1 Å². The summed E-state index contributed by atoms with van der Waals surface area (Å²) in [6.45, 7) is 3.89. The van der Waals surface area contributed by atoms with Crippen molar-refractivity contribution in [3.8, 4) is 5.75 Å². The predicted molar refractivity (Wildman–Crippen MR) is 69.6 cm³/mol. The zero-order chi connectivity index (χ0) is 12.8. The fraction of sp³-hybridized carbons (Fsp3) is 0.462. The van der Waals surface area contributed by atoms with E-state index in [2.05, 4.69) is 5.32 Å². The highest BCUT2D eigenvalue weighted by atomic mass is 35.5. The fourth-order valence-corrected chi connectivity index (χ4v) is 1.80. The van der Waals surface area contributed by atoms with E-state index >= 15 is 0 Å². The number of nitrogens with one attached hydrogen (secondary N) is 1. The quantitative estimate of drug-likeness (QED) is 0.879. The molecule has 0 aromatic heterocycles. The SMILES string of the molecule is COc1ccc(CCC(=O)NC(C)C)cc1Cl. The Hall–Kier alpha value is -1.22. The van der Waals surface area contributed by atoms with Crippen LogP contribution in [0.3, 0.4) is 0 Å². The Morgan fingerprint density at radius 1 is 1.47 bits per heavy atom. The second kappa shape index (κ2) is 6.50. The number of methoxy groups -OCH3 is 1. The Morgan fingerprint density at radius 3 is 2.71 bits per heavy atom. The van der Waals surface area contributed by atoms with Gasteiger partial charge in [-0.15, -0.1) is 0 Å². The third-order valence-electron chi connectivity index (χ3n) is 2.31. The first-order chi connectivity index (χ1) is 8.02. The number of rotatable bonds is 5. The Bertz CT molecular complexity index is 391. The summed E-state index contributed by atoms with van der Waals surface area (Å²) >= 11 is 6.00. The van der Waals surface area contributed by atoms with E-state index in [1.165, 1.54) is 0 Å². The molecule has 4 heteroatoms. The zero-order valence-corrected chi connectivity index (χ0v) is 11.2.